The third-order valence-corrected chi connectivity index (χ3v) is 4.78. The number of amides is 1. The van der Waals surface area contributed by atoms with Crippen LogP contribution in [0.1, 0.15) is 21.6 Å². The number of carbonyl (C=O) groups excluding carboxylic acids is 1. The van der Waals surface area contributed by atoms with Gasteiger partial charge in [-0.15, -0.1) is 0 Å². The van der Waals surface area contributed by atoms with Gasteiger partial charge in [0.2, 0.25) is 11.8 Å². The molecule has 1 amide bonds. The van der Waals surface area contributed by atoms with Gasteiger partial charge in [-0.05, 0) is 56.3 Å². The first-order chi connectivity index (χ1) is 16.0. The lowest BCUT2D eigenvalue weighted by atomic mass is 10.2. The second-order valence-corrected chi connectivity index (χ2v) is 7.45. The number of aromatic nitrogens is 3. The Kier molecular flexibility index (Phi) is 6.45. The summed E-state index contributed by atoms with van der Waals surface area (Å²) < 4.78 is 5.07. The predicted molar refractivity (Wildman–Crippen MR) is 130 cm³/mol. The van der Waals surface area contributed by atoms with Crippen LogP contribution in [0.25, 0.3) is 0 Å². The van der Waals surface area contributed by atoms with E-state index in [4.69, 9.17) is 4.74 Å². The first-order valence-corrected chi connectivity index (χ1v) is 10.4. The molecule has 8 heteroatoms. The van der Waals surface area contributed by atoms with E-state index in [1.54, 1.807) is 12.1 Å². The summed E-state index contributed by atoms with van der Waals surface area (Å²) in [6.45, 7) is 3.96. The summed E-state index contributed by atoms with van der Waals surface area (Å²) in [5, 5.41) is 9.37. The lowest BCUT2D eigenvalue weighted by Gasteiger charge is -2.11. The number of methoxy groups -OCH3 is 1. The van der Waals surface area contributed by atoms with E-state index in [2.05, 4.69) is 30.9 Å². The molecule has 8 nitrogen and oxygen atoms in total. The van der Waals surface area contributed by atoms with Crippen LogP contribution < -0.4 is 20.7 Å². The first-order valence-electron chi connectivity index (χ1n) is 10.4. The Bertz CT molecular complexity index is 1260. The van der Waals surface area contributed by atoms with Gasteiger partial charge in [-0.2, -0.15) is 4.98 Å². The van der Waals surface area contributed by atoms with Gasteiger partial charge in [-0.25, -0.2) is 9.97 Å². The Morgan fingerprint density at radius 2 is 1.48 bits per heavy atom. The molecule has 2 heterocycles. The average molecular weight is 441 g/mol. The van der Waals surface area contributed by atoms with Crippen LogP contribution in [0.15, 0.2) is 72.9 Å². The quantitative estimate of drug-likeness (QED) is 0.361. The Labute approximate surface area is 192 Å². The molecule has 0 saturated carbocycles. The molecule has 0 spiro atoms. The molecule has 0 bridgehead atoms. The summed E-state index contributed by atoms with van der Waals surface area (Å²) in [6.07, 6.45) is 1.53. The second kappa shape index (κ2) is 9.78. The molecular weight excluding hydrogens is 416 g/mol. The maximum Gasteiger partial charge on any atom is 0.255 e. The Balaban J connectivity index is 1.42. The number of hydrogen-bond donors (Lipinski definition) is 3. The van der Waals surface area contributed by atoms with Gasteiger partial charge in [0.1, 0.15) is 5.82 Å². The van der Waals surface area contributed by atoms with Crippen molar-refractivity contribution in [2.45, 2.75) is 13.8 Å². The monoisotopic (exact) mass is 440 g/mol. The highest BCUT2D eigenvalue weighted by Gasteiger charge is 2.08. The summed E-state index contributed by atoms with van der Waals surface area (Å²) in [6, 6.07) is 20.5. The zero-order valence-electron chi connectivity index (χ0n) is 18.6. The number of rotatable bonds is 7. The van der Waals surface area contributed by atoms with Crippen molar-refractivity contribution in [3.8, 4) is 5.88 Å². The molecule has 0 unspecified atom stereocenters. The average Bonchev–Trinajstić information content (AvgIpc) is 2.81. The van der Waals surface area contributed by atoms with E-state index in [1.807, 2.05) is 68.4 Å². The molecule has 4 aromatic rings. The van der Waals surface area contributed by atoms with Crippen molar-refractivity contribution < 1.29 is 9.53 Å². The van der Waals surface area contributed by atoms with Crippen molar-refractivity contribution in [1.29, 1.82) is 0 Å². The van der Waals surface area contributed by atoms with Gasteiger partial charge in [0.05, 0.1) is 7.11 Å². The van der Waals surface area contributed by atoms with Gasteiger partial charge in [-0.3, -0.25) is 4.79 Å². The molecular formula is C25H24N6O2. The fourth-order valence-corrected chi connectivity index (χ4v) is 3.10. The third-order valence-electron chi connectivity index (χ3n) is 4.78. The molecule has 0 radical (unpaired) electrons. The molecule has 4 rings (SSSR count). The van der Waals surface area contributed by atoms with Crippen molar-refractivity contribution in [2.24, 2.45) is 0 Å². The van der Waals surface area contributed by atoms with Crippen LogP contribution in [0.5, 0.6) is 5.88 Å². The molecule has 2 aromatic carbocycles. The molecule has 2 aromatic heterocycles. The highest BCUT2D eigenvalue weighted by Crippen LogP contribution is 2.21. The van der Waals surface area contributed by atoms with Gasteiger partial charge >= 0.3 is 0 Å². The van der Waals surface area contributed by atoms with Crippen LogP contribution in [0.4, 0.5) is 28.8 Å². The van der Waals surface area contributed by atoms with Gasteiger partial charge < -0.3 is 20.7 Å². The Morgan fingerprint density at radius 3 is 2.21 bits per heavy atom. The van der Waals surface area contributed by atoms with E-state index in [1.165, 1.54) is 18.9 Å². The number of aryl methyl sites for hydroxylation is 2. The number of pyridine rings is 1. The number of nitrogens with one attached hydrogen (secondary N) is 3. The Morgan fingerprint density at radius 1 is 0.818 bits per heavy atom. The Hall–Kier alpha value is -4.46. The summed E-state index contributed by atoms with van der Waals surface area (Å²) in [7, 11) is 1.51. The lowest BCUT2D eigenvalue weighted by Crippen LogP contribution is -2.12. The minimum atomic E-state index is -0.241. The molecule has 0 fully saturated rings. The normalized spacial score (nSPS) is 10.4. The number of anilines is 5. The van der Waals surface area contributed by atoms with Crippen molar-refractivity contribution in [3.05, 3.63) is 89.7 Å². The fourth-order valence-electron chi connectivity index (χ4n) is 3.10. The number of hydrogen-bond acceptors (Lipinski definition) is 7. The molecule has 0 saturated heterocycles. The topological polar surface area (TPSA) is 101 Å². The summed E-state index contributed by atoms with van der Waals surface area (Å²) in [4.78, 5) is 25.5. The van der Waals surface area contributed by atoms with Crippen LogP contribution in [0.3, 0.4) is 0 Å². The van der Waals surface area contributed by atoms with E-state index in [9.17, 15) is 4.79 Å². The fraction of sp³-hybridized carbons (Fsp3) is 0.120. The van der Waals surface area contributed by atoms with Gasteiger partial charge in [0, 0.05) is 46.6 Å². The molecule has 0 aliphatic rings. The summed E-state index contributed by atoms with van der Waals surface area (Å²) in [5.74, 6) is 1.32. The minimum absolute atomic E-state index is 0.241. The van der Waals surface area contributed by atoms with Crippen LogP contribution in [-0.4, -0.2) is 28.0 Å². The molecule has 166 valence electrons. The number of carbonyl (C=O) groups is 1. The van der Waals surface area contributed by atoms with Crippen molar-refractivity contribution in [3.63, 3.8) is 0 Å². The summed E-state index contributed by atoms with van der Waals surface area (Å²) >= 11 is 0. The van der Waals surface area contributed by atoms with Crippen LogP contribution >= 0.6 is 0 Å². The SMILES string of the molecule is COc1cc(C(=O)Nc2ccc(Nc3cc(C)nc(Nc4ccc(C)cc4)n3)cc2)ccn1. The first kappa shape index (κ1) is 21.8. The van der Waals surface area contributed by atoms with Crippen LogP contribution in [-0.2, 0) is 0 Å². The van der Waals surface area contributed by atoms with E-state index >= 15 is 0 Å². The summed E-state index contributed by atoms with van der Waals surface area (Å²) in [5.41, 5.74) is 4.91. The number of ether oxygens (including phenoxy) is 1. The van der Waals surface area contributed by atoms with Crippen molar-refractivity contribution in [2.75, 3.05) is 23.1 Å². The smallest absolute Gasteiger partial charge is 0.255 e. The molecule has 3 N–H and O–H groups in total. The van der Waals surface area contributed by atoms with Gasteiger partial charge in [0.25, 0.3) is 5.91 Å². The van der Waals surface area contributed by atoms with Crippen molar-refractivity contribution in [1.82, 2.24) is 15.0 Å². The molecule has 0 aliphatic carbocycles. The minimum Gasteiger partial charge on any atom is -0.481 e. The van der Waals surface area contributed by atoms with Crippen LogP contribution in [0, 0.1) is 13.8 Å². The zero-order chi connectivity index (χ0) is 23.2. The molecule has 0 aliphatic heterocycles. The number of benzene rings is 2. The van der Waals surface area contributed by atoms with Gasteiger partial charge in [-0.1, -0.05) is 17.7 Å². The lowest BCUT2D eigenvalue weighted by molar-refractivity contribution is 0.102. The maximum atomic E-state index is 12.5. The largest absolute Gasteiger partial charge is 0.481 e. The highest BCUT2D eigenvalue weighted by molar-refractivity contribution is 6.04. The number of nitrogens with zero attached hydrogens (tertiary/aromatic N) is 3. The second-order valence-electron chi connectivity index (χ2n) is 7.45. The van der Waals surface area contributed by atoms with Crippen molar-refractivity contribution >= 4 is 34.7 Å². The van der Waals surface area contributed by atoms with E-state index in [0.717, 1.165) is 17.1 Å². The molecule has 0 atom stereocenters. The third kappa shape index (κ3) is 5.82. The van der Waals surface area contributed by atoms with E-state index in [0.29, 0.717) is 28.9 Å². The van der Waals surface area contributed by atoms with E-state index < -0.39 is 0 Å². The molecule has 33 heavy (non-hydrogen) atoms. The predicted octanol–water partition coefficient (Wildman–Crippen LogP) is 5.24. The zero-order valence-corrected chi connectivity index (χ0v) is 18.6. The van der Waals surface area contributed by atoms with Gasteiger partial charge in [0.15, 0.2) is 0 Å². The standard InChI is InChI=1S/C25H24N6O2/c1-16-4-6-21(7-5-16)30-25-27-17(2)14-22(31-25)28-19-8-10-20(11-9-19)29-24(32)18-12-13-26-23(15-18)33-3/h4-15H,1-3H3,(H,29,32)(H2,27,28,30,31). The van der Waals surface area contributed by atoms with Crippen LogP contribution in [0.2, 0.25) is 0 Å². The maximum absolute atomic E-state index is 12.5. The highest BCUT2D eigenvalue weighted by atomic mass is 16.5. The van der Waals surface area contributed by atoms with E-state index in [-0.39, 0.29) is 5.91 Å².